The summed E-state index contributed by atoms with van der Waals surface area (Å²) >= 11 is 1.76. The van der Waals surface area contributed by atoms with E-state index in [1.165, 1.54) is 0 Å². The second-order valence-electron chi connectivity index (χ2n) is 11.5. The van der Waals surface area contributed by atoms with Crippen LogP contribution in [-0.4, -0.2) is 23.2 Å². The molecule has 0 aliphatic heterocycles. The van der Waals surface area contributed by atoms with Crippen LogP contribution in [0.15, 0.2) is 36.4 Å². The molecule has 0 bridgehead atoms. The van der Waals surface area contributed by atoms with Crippen molar-refractivity contribution in [1.29, 1.82) is 0 Å². The molecule has 2 aromatic carbocycles. The van der Waals surface area contributed by atoms with E-state index in [4.69, 9.17) is 14.5 Å². The number of thiazole rings is 1. The van der Waals surface area contributed by atoms with Crippen LogP contribution in [0.2, 0.25) is 0 Å². The average molecular weight is 482 g/mol. The predicted molar refractivity (Wildman–Crippen MR) is 142 cm³/mol. The smallest absolute Gasteiger partial charge is 0.311 e. The van der Waals surface area contributed by atoms with Gasteiger partial charge in [-0.3, -0.25) is 4.79 Å². The molecule has 3 rings (SSSR count). The normalized spacial score (nSPS) is 13.5. The lowest BCUT2D eigenvalue weighted by molar-refractivity contribution is -0.162. The summed E-state index contributed by atoms with van der Waals surface area (Å²) in [6.07, 6.45) is 0.550. The maximum atomic E-state index is 12.6. The fraction of sp³-hybridized carbons (Fsp3) is 0.517. The number of aryl methyl sites for hydroxylation is 1. The molecular weight excluding hydrogens is 442 g/mol. The van der Waals surface area contributed by atoms with Crippen LogP contribution in [0, 0.1) is 18.3 Å². The van der Waals surface area contributed by atoms with Gasteiger partial charge < -0.3 is 9.47 Å². The number of hydrogen-bond acceptors (Lipinski definition) is 5. The Balaban J connectivity index is 2.21. The number of rotatable bonds is 7. The maximum Gasteiger partial charge on any atom is 0.311 e. The highest BCUT2D eigenvalue weighted by Crippen LogP contribution is 2.43. The van der Waals surface area contributed by atoms with E-state index < -0.39 is 17.1 Å². The Morgan fingerprint density at radius 1 is 1.06 bits per heavy atom. The zero-order valence-electron chi connectivity index (χ0n) is 22.1. The number of carbonyl (C=O) groups excluding carboxylic acids is 1. The zero-order valence-corrected chi connectivity index (χ0v) is 22.9. The van der Waals surface area contributed by atoms with Crippen molar-refractivity contribution in [2.24, 2.45) is 11.3 Å². The number of nitrogens with zero attached hydrogens (tertiary/aromatic N) is 1. The Labute approximate surface area is 208 Å². The van der Waals surface area contributed by atoms with Crippen molar-refractivity contribution >= 4 is 27.5 Å². The summed E-state index contributed by atoms with van der Waals surface area (Å²) in [5, 5.41) is 1.14. The molecule has 0 aliphatic rings. The maximum absolute atomic E-state index is 12.6. The third-order valence-corrected chi connectivity index (χ3v) is 6.52. The van der Waals surface area contributed by atoms with E-state index >= 15 is 0 Å². The van der Waals surface area contributed by atoms with Gasteiger partial charge in [0, 0.05) is 12.0 Å². The molecule has 0 amide bonds. The number of hydrogen-bond donors (Lipinski definition) is 0. The van der Waals surface area contributed by atoms with Crippen LogP contribution < -0.4 is 0 Å². The summed E-state index contributed by atoms with van der Waals surface area (Å²) in [6.45, 7) is 18.4. The molecule has 1 atom stereocenters. The van der Waals surface area contributed by atoms with Gasteiger partial charge in [0.2, 0.25) is 0 Å². The number of carbonyl (C=O) groups is 1. The van der Waals surface area contributed by atoms with Gasteiger partial charge in [-0.25, -0.2) is 4.98 Å². The van der Waals surface area contributed by atoms with E-state index in [-0.39, 0.29) is 12.6 Å². The summed E-state index contributed by atoms with van der Waals surface area (Å²) in [5.41, 5.74) is 4.44. The monoisotopic (exact) mass is 481 g/mol. The van der Waals surface area contributed by atoms with E-state index in [0.717, 1.165) is 43.9 Å². The standard InChI is InChI=1S/C29H39NO3S/c1-18(2)15-23-30-21-16-19(3)24(25(26(21)34-23)20-13-11-10-12-14-20)22(33-29(7,8)9)17-32-27(31)28(4,5)6/h10-14,16,18,22H,15,17H2,1-9H3/t22-/m1/s1. The molecule has 5 heteroatoms. The highest BCUT2D eigenvalue weighted by atomic mass is 32.1. The quantitative estimate of drug-likeness (QED) is 0.322. The van der Waals surface area contributed by atoms with Crippen LogP contribution in [-0.2, 0) is 20.7 Å². The fourth-order valence-corrected chi connectivity index (χ4v) is 5.31. The first-order valence-corrected chi connectivity index (χ1v) is 12.9. The van der Waals surface area contributed by atoms with Crippen molar-refractivity contribution in [2.45, 2.75) is 80.4 Å². The van der Waals surface area contributed by atoms with Crippen molar-refractivity contribution in [1.82, 2.24) is 4.98 Å². The number of aromatic nitrogens is 1. The molecule has 0 aliphatic carbocycles. The summed E-state index contributed by atoms with van der Waals surface area (Å²) in [6, 6.07) is 12.6. The molecule has 0 radical (unpaired) electrons. The summed E-state index contributed by atoms with van der Waals surface area (Å²) < 4.78 is 13.5. The Bertz CT molecular complexity index is 1130. The van der Waals surface area contributed by atoms with E-state index in [1.54, 1.807) is 11.3 Å². The molecule has 1 aromatic heterocycles. The lowest BCUT2D eigenvalue weighted by Gasteiger charge is -2.31. The minimum Gasteiger partial charge on any atom is -0.462 e. The third kappa shape index (κ3) is 6.45. The van der Waals surface area contributed by atoms with E-state index in [2.05, 4.69) is 51.1 Å². The van der Waals surface area contributed by atoms with Gasteiger partial charge >= 0.3 is 5.97 Å². The largest absolute Gasteiger partial charge is 0.462 e. The average Bonchev–Trinajstić information content (AvgIpc) is 3.09. The van der Waals surface area contributed by atoms with Crippen LogP contribution in [0.25, 0.3) is 21.3 Å². The zero-order chi connectivity index (χ0) is 25.3. The molecule has 0 N–H and O–H groups in total. The van der Waals surface area contributed by atoms with Gasteiger partial charge in [-0.05, 0) is 77.1 Å². The number of ether oxygens (including phenoxy) is 2. The molecule has 0 spiro atoms. The van der Waals surface area contributed by atoms with Crippen molar-refractivity contribution in [3.05, 3.63) is 52.5 Å². The summed E-state index contributed by atoms with van der Waals surface area (Å²) in [4.78, 5) is 17.6. The summed E-state index contributed by atoms with van der Waals surface area (Å²) in [5.74, 6) is 0.307. The van der Waals surface area contributed by atoms with Gasteiger partial charge in [-0.15, -0.1) is 11.3 Å². The number of benzene rings is 2. The second-order valence-corrected chi connectivity index (χ2v) is 12.6. The summed E-state index contributed by atoms with van der Waals surface area (Å²) in [7, 11) is 0. The number of fused-ring (bicyclic) bond motifs is 1. The highest BCUT2D eigenvalue weighted by molar-refractivity contribution is 7.19. The lowest BCUT2D eigenvalue weighted by Crippen LogP contribution is -2.30. The molecule has 0 unspecified atom stereocenters. The topological polar surface area (TPSA) is 48.4 Å². The lowest BCUT2D eigenvalue weighted by atomic mass is 9.91. The Hall–Kier alpha value is -2.24. The first-order chi connectivity index (χ1) is 15.8. The molecule has 4 nitrogen and oxygen atoms in total. The molecular formula is C29H39NO3S. The van der Waals surface area contributed by atoms with Crippen LogP contribution in [0.1, 0.15) is 77.6 Å². The van der Waals surface area contributed by atoms with Crippen LogP contribution in [0.3, 0.4) is 0 Å². The van der Waals surface area contributed by atoms with Gasteiger partial charge in [0.15, 0.2) is 0 Å². The van der Waals surface area contributed by atoms with E-state index in [9.17, 15) is 4.79 Å². The van der Waals surface area contributed by atoms with E-state index in [0.29, 0.717) is 5.92 Å². The van der Waals surface area contributed by atoms with Crippen molar-refractivity contribution < 1.29 is 14.3 Å². The Morgan fingerprint density at radius 3 is 2.26 bits per heavy atom. The third-order valence-electron chi connectivity index (χ3n) is 5.41. The van der Waals surface area contributed by atoms with E-state index in [1.807, 2.05) is 47.6 Å². The Kier molecular flexibility index (Phi) is 7.89. The van der Waals surface area contributed by atoms with Crippen LogP contribution >= 0.6 is 11.3 Å². The number of esters is 1. The molecule has 3 aromatic rings. The first-order valence-electron chi connectivity index (χ1n) is 12.1. The SMILES string of the molecule is Cc1cc2nc(CC(C)C)sc2c(-c2ccccc2)c1[C@@H](COC(=O)C(C)(C)C)OC(C)(C)C. The molecule has 0 fully saturated rings. The molecule has 0 saturated heterocycles. The van der Waals surface area contributed by atoms with Gasteiger partial charge in [0.25, 0.3) is 0 Å². The van der Waals surface area contributed by atoms with Crippen LogP contribution in [0.4, 0.5) is 0 Å². The highest BCUT2D eigenvalue weighted by Gasteiger charge is 2.30. The van der Waals surface area contributed by atoms with Gasteiger partial charge in [-0.2, -0.15) is 0 Å². The van der Waals surface area contributed by atoms with Crippen molar-refractivity contribution in [3.8, 4) is 11.1 Å². The predicted octanol–water partition coefficient (Wildman–Crippen LogP) is 7.92. The Morgan fingerprint density at radius 2 is 1.71 bits per heavy atom. The first kappa shape index (κ1) is 26.4. The molecule has 1 heterocycles. The van der Waals surface area contributed by atoms with Crippen molar-refractivity contribution in [3.63, 3.8) is 0 Å². The van der Waals surface area contributed by atoms with Gasteiger partial charge in [0.1, 0.15) is 12.7 Å². The fourth-order valence-electron chi connectivity index (χ4n) is 3.97. The van der Waals surface area contributed by atoms with Gasteiger partial charge in [-0.1, -0.05) is 44.2 Å². The molecule has 0 saturated carbocycles. The van der Waals surface area contributed by atoms with Crippen LogP contribution in [0.5, 0.6) is 0 Å². The minimum absolute atomic E-state index is 0.164. The molecule has 184 valence electrons. The van der Waals surface area contributed by atoms with Gasteiger partial charge in [0.05, 0.1) is 26.2 Å². The minimum atomic E-state index is -0.572. The molecule has 34 heavy (non-hydrogen) atoms. The van der Waals surface area contributed by atoms with Crippen molar-refractivity contribution in [2.75, 3.05) is 6.61 Å². The second kappa shape index (κ2) is 10.2.